The fourth-order valence-corrected chi connectivity index (χ4v) is 4.51. The average Bonchev–Trinajstić information content (AvgIpc) is 3.19. The molecule has 3 rings (SSSR count). The molecule has 0 saturated carbocycles. The molecule has 1 heterocycles. The van der Waals surface area contributed by atoms with Crippen LogP contribution in [0.25, 0.3) is 0 Å². The Hall–Kier alpha value is -3.12. The molecule has 0 aliphatic carbocycles. The molecule has 2 aromatic carbocycles. The van der Waals surface area contributed by atoms with Gasteiger partial charge in [0.25, 0.3) is 0 Å². The summed E-state index contributed by atoms with van der Waals surface area (Å²) in [4.78, 5) is 32.4. The monoisotopic (exact) mass is 463 g/mol. The second kappa shape index (κ2) is 11.1. The van der Waals surface area contributed by atoms with Crippen LogP contribution >= 0.6 is 11.3 Å². The molecule has 1 N–H and O–H groups in total. The van der Waals surface area contributed by atoms with E-state index in [1.807, 2.05) is 81.1 Å². The van der Waals surface area contributed by atoms with Crippen molar-refractivity contribution < 1.29 is 9.59 Å². The standard InChI is InChI=1S/C27H33N3O2S/c1-19(2)30(27(32)28-25-13-9-10-20(3)22(25)5)18-26(31)29(16-23-11-7-6-8-12-23)17-24-15-14-21(4)33-24/h6-15,19H,16-18H2,1-5H3,(H,28,32). The normalized spacial score (nSPS) is 10.8. The number of carbonyl (C=O) groups excluding carboxylic acids is 2. The molecule has 0 bridgehead atoms. The van der Waals surface area contributed by atoms with Crippen LogP contribution < -0.4 is 5.32 Å². The van der Waals surface area contributed by atoms with E-state index in [2.05, 4.69) is 24.4 Å². The van der Waals surface area contributed by atoms with Gasteiger partial charge in [0, 0.05) is 28.0 Å². The molecular weight excluding hydrogens is 430 g/mol. The number of amides is 3. The second-order valence-electron chi connectivity index (χ2n) is 8.65. The molecule has 1 aromatic heterocycles. The number of hydrogen-bond acceptors (Lipinski definition) is 3. The summed E-state index contributed by atoms with van der Waals surface area (Å²) in [5, 5.41) is 3.00. The van der Waals surface area contributed by atoms with Gasteiger partial charge in [-0.25, -0.2) is 4.79 Å². The average molecular weight is 464 g/mol. The molecule has 0 aliphatic heterocycles. The molecule has 3 aromatic rings. The molecule has 0 spiro atoms. The maximum Gasteiger partial charge on any atom is 0.322 e. The van der Waals surface area contributed by atoms with Crippen molar-refractivity contribution in [1.29, 1.82) is 0 Å². The third kappa shape index (κ3) is 6.68. The van der Waals surface area contributed by atoms with E-state index < -0.39 is 0 Å². The summed E-state index contributed by atoms with van der Waals surface area (Å²) in [6, 6.07) is 19.5. The maximum absolute atomic E-state index is 13.5. The van der Waals surface area contributed by atoms with E-state index in [-0.39, 0.29) is 24.5 Å². The first-order valence-corrected chi connectivity index (χ1v) is 12.1. The van der Waals surface area contributed by atoms with Gasteiger partial charge >= 0.3 is 6.03 Å². The summed E-state index contributed by atoms with van der Waals surface area (Å²) in [7, 11) is 0. The van der Waals surface area contributed by atoms with E-state index in [1.54, 1.807) is 16.2 Å². The zero-order valence-corrected chi connectivity index (χ0v) is 20.9. The Balaban J connectivity index is 1.77. The van der Waals surface area contributed by atoms with Crippen LogP contribution in [0.1, 0.15) is 40.3 Å². The summed E-state index contributed by atoms with van der Waals surface area (Å²) < 4.78 is 0. The Morgan fingerprint density at radius 3 is 2.27 bits per heavy atom. The minimum atomic E-state index is -0.265. The molecular formula is C27H33N3O2S. The molecule has 5 nitrogen and oxygen atoms in total. The number of anilines is 1. The molecule has 0 atom stereocenters. The van der Waals surface area contributed by atoms with Gasteiger partial charge in [0.05, 0.1) is 6.54 Å². The molecule has 0 aliphatic rings. The van der Waals surface area contributed by atoms with E-state index in [0.717, 1.165) is 27.3 Å². The summed E-state index contributed by atoms with van der Waals surface area (Å²) >= 11 is 1.69. The Morgan fingerprint density at radius 1 is 0.909 bits per heavy atom. The lowest BCUT2D eigenvalue weighted by Gasteiger charge is -2.30. The van der Waals surface area contributed by atoms with Crippen molar-refractivity contribution in [2.24, 2.45) is 0 Å². The maximum atomic E-state index is 13.5. The van der Waals surface area contributed by atoms with Crippen LogP contribution in [0, 0.1) is 20.8 Å². The van der Waals surface area contributed by atoms with E-state index in [1.165, 1.54) is 4.88 Å². The highest BCUT2D eigenvalue weighted by Crippen LogP contribution is 2.21. The minimum Gasteiger partial charge on any atom is -0.332 e. The van der Waals surface area contributed by atoms with Crippen molar-refractivity contribution >= 4 is 29.0 Å². The van der Waals surface area contributed by atoms with Crippen molar-refractivity contribution in [1.82, 2.24) is 9.80 Å². The lowest BCUT2D eigenvalue weighted by molar-refractivity contribution is -0.133. The van der Waals surface area contributed by atoms with Crippen molar-refractivity contribution in [3.05, 3.63) is 87.1 Å². The lowest BCUT2D eigenvalue weighted by Crippen LogP contribution is -2.47. The van der Waals surface area contributed by atoms with Crippen LogP contribution in [-0.2, 0) is 17.9 Å². The third-order valence-electron chi connectivity index (χ3n) is 5.75. The van der Waals surface area contributed by atoms with Crippen molar-refractivity contribution in [2.45, 2.75) is 53.8 Å². The number of benzene rings is 2. The van der Waals surface area contributed by atoms with E-state index >= 15 is 0 Å². The van der Waals surface area contributed by atoms with Gasteiger partial charge in [-0.2, -0.15) is 0 Å². The van der Waals surface area contributed by atoms with Gasteiger partial charge in [-0.05, 0) is 69.5 Å². The highest BCUT2D eigenvalue weighted by Gasteiger charge is 2.24. The lowest BCUT2D eigenvalue weighted by atomic mass is 10.1. The number of aryl methyl sites for hydroxylation is 2. The summed E-state index contributed by atoms with van der Waals surface area (Å²) in [5.41, 5.74) is 3.98. The predicted octanol–water partition coefficient (Wildman–Crippen LogP) is 6.14. The van der Waals surface area contributed by atoms with Crippen LogP contribution in [0.2, 0.25) is 0 Å². The fraction of sp³-hybridized carbons (Fsp3) is 0.333. The first-order valence-electron chi connectivity index (χ1n) is 11.3. The van der Waals surface area contributed by atoms with E-state index in [9.17, 15) is 9.59 Å². The molecule has 0 saturated heterocycles. The Bertz CT molecular complexity index is 1090. The zero-order valence-electron chi connectivity index (χ0n) is 20.1. The summed E-state index contributed by atoms with van der Waals surface area (Å²) in [6.45, 7) is 11.0. The van der Waals surface area contributed by atoms with Gasteiger partial charge in [-0.15, -0.1) is 11.3 Å². The fourth-order valence-electron chi connectivity index (χ4n) is 3.60. The van der Waals surface area contributed by atoms with Crippen LogP contribution in [0.3, 0.4) is 0 Å². The number of nitrogens with zero attached hydrogens (tertiary/aromatic N) is 2. The number of thiophene rings is 1. The number of urea groups is 1. The smallest absolute Gasteiger partial charge is 0.322 e. The summed E-state index contributed by atoms with van der Waals surface area (Å²) in [6.07, 6.45) is 0. The Kier molecular flexibility index (Phi) is 8.28. The van der Waals surface area contributed by atoms with Crippen LogP contribution in [0.15, 0.2) is 60.7 Å². The molecule has 0 unspecified atom stereocenters. The molecule has 174 valence electrons. The number of hydrogen-bond donors (Lipinski definition) is 1. The largest absolute Gasteiger partial charge is 0.332 e. The third-order valence-corrected chi connectivity index (χ3v) is 6.73. The number of nitrogens with one attached hydrogen (secondary N) is 1. The van der Waals surface area contributed by atoms with Crippen molar-refractivity contribution in [2.75, 3.05) is 11.9 Å². The van der Waals surface area contributed by atoms with E-state index in [0.29, 0.717) is 13.1 Å². The van der Waals surface area contributed by atoms with Gasteiger partial charge in [0.2, 0.25) is 5.91 Å². The minimum absolute atomic E-state index is 0.0194. The van der Waals surface area contributed by atoms with Crippen molar-refractivity contribution in [3.8, 4) is 0 Å². The van der Waals surface area contributed by atoms with E-state index in [4.69, 9.17) is 0 Å². The topological polar surface area (TPSA) is 52.7 Å². The second-order valence-corrected chi connectivity index (χ2v) is 10.0. The van der Waals surface area contributed by atoms with Crippen molar-refractivity contribution in [3.63, 3.8) is 0 Å². The zero-order chi connectivity index (χ0) is 24.0. The molecule has 6 heteroatoms. The first kappa shape index (κ1) is 24.5. The SMILES string of the molecule is Cc1ccc(CN(Cc2ccccc2)C(=O)CN(C(=O)Nc2cccc(C)c2C)C(C)C)s1. The number of rotatable bonds is 8. The summed E-state index contributed by atoms with van der Waals surface area (Å²) in [5.74, 6) is -0.0743. The molecule has 0 radical (unpaired) electrons. The number of carbonyl (C=O) groups is 2. The highest BCUT2D eigenvalue weighted by atomic mass is 32.1. The van der Waals surface area contributed by atoms with Crippen LogP contribution in [0.5, 0.6) is 0 Å². The Morgan fingerprint density at radius 2 is 1.64 bits per heavy atom. The van der Waals surface area contributed by atoms with Gasteiger partial charge in [0.1, 0.15) is 6.54 Å². The quantitative estimate of drug-likeness (QED) is 0.436. The van der Waals surface area contributed by atoms with Gasteiger partial charge in [-0.3, -0.25) is 4.79 Å². The van der Waals surface area contributed by atoms with Crippen LogP contribution in [0.4, 0.5) is 10.5 Å². The molecule has 3 amide bonds. The van der Waals surface area contributed by atoms with Crippen LogP contribution in [-0.4, -0.2) is 34.3 Å². The first-order chi connectivity index (χ1) is 15.7. The highest BCUT2D eigenvalue weighted by molar-refractivity contribution is 7.11. The van der Waals surface area contributed by atoms with Gasteiger partial charge in [-0.1, -0.05) is 42.5 Å². The molecule has 33 heavy (non-hydrogen) atoms. The molecule has 0 fully saturated rings. The van der Waals surface area contributed by atoms with Gasteiger partial charge < -0.3 is 15.1 Å². The van der Waals surface area contributed by atoms with Gasteiger partial charge in [0.15, 0.2) is 0 Å². The predicted molar refractivity (Wildman–Crippen MR) is 137 cm³/mol. The Labute approximate surface area is 201 Å².